The highest BCUT2D eigenvalue weighted by molar-refractivity contribution is 5.72. The van der Waals surface area contributed by atoms with Gasteiger partial charge in [-0.05, 0) is 44.9 Å². The number of hydrogen-bond donors (Lipinski definition) is 1. The first-order valence-corrected chi connectivity index (χ1v) is 7.42. The van der Waals surface area contributed by atoms with E-state index in [2.05, 4.69) is 60.5 Å². The highest BCUT2D eigenvalue weighted by Gasteiger charge is 2.41. The summed E-state index contributed by atoms with van der Waals surface area (Å²) in [6.45, 7) is 0. The van der Waals surface area contributed by atoms with Crippen LogP contribution in [0.2, 0.25) is 0 Å². The van der Waals surface area contributed by atoms with Crippen molar-refractivity contribution in [2.75, 3.05) is 30.9 Å². The molecule has 2 bridgehead atoms. The lowest BCUT2D eigenvalue weighted by molar-refractivity contribution is 0.374. The molecule has 19 heavy (non-hydrogen) atoms. The van der Waals surface area contributed by atoms with Crippen LogP contribution in [-0.2, 0) is 0 Å². The number of nitrogens with one attached hydrogen (secondary N) is 1. The van der Waals surface area contributed by atoms with Crippen molar-refractivity contribution in [3.63, 3.8) is 0 Å². The molecule has 0 aromatic heterocycles. The minimum Gasteiger partial charge on any atom is -0.376 e. The van der Waals surface area contributed by atoms with Gasteiger partial charge in [0.15, 0.2) is 0 Å². The fourth-order valence-corrected chi connectivity index (χ4v) is 3.87. The van der Waals surface area contributed by atoms with Crippen molar-refractivity contribution in [2.45, 2.75) is 43.8 Å². The third kappa shape index (κ3) is 2.20. The third-order valence-corrected chi connectivity index (χ3v) is 4.78. The largest absolute Gasteiger partial charge is 0.376 e. The van der Waals surface area contributed by atoms with E-state index >= 15 is 0 Å². The first kappa shape index (κ1) is 12.8. The van der Waals surface area contributed by atoms with Gasteiger partial charge >= 0.3 is 0 Å². The lowest BCUT2D eigenvalue weighted by atomic mass is 9.96. The van der Waals surface area contributed by atoms with Crippen LogP contribution in [0.15, 0.2) is 24.3 Å². The Balaban J connectivity index is 1.92. The maximum atomic E-state index is 3.48. The van der Waals surface area contributed by atoms with E-state index in [9.17, 15) is 0 Å². The third-order valence-electron chi connectivity index (χ3n) is 4.78. The summed E-state index contributed by atoms with van der Waals surface area (Å²) in [7, 11) is 6.38. The summed E-state index contributed by atoms with van der Waals surface area (Å²) in [6, 6.07) is 11.0. The molecule has 2 fully saturated rings. The summed E-state index contributed by atoms with van der Waals surface area (Å²) in [6.07, 6.45) is 5.28. The molecule has 2 heterocycles. The number of para-hydroxylation sites is 2. The van der Waals surface area contributed by atoms with Gasteiger partial charge in [-0.2, -0.15) is 0 Å². The Labute approximate surface area is 116 Å². The lowest BCUT2D eigenvalue weighted by Gasteiger charge is -2.42. The van der Waals surface area contributed by atoms with Crippen molar-refractivity contribution in [2.24, 2.45) is 0 Å². The molecule has 0 aliphatic carbocycles. The molecule has 2 aliphatic heterocycles. The molecule has 3 nitrogen and oxygen atoms in total. The maximum absolute atomic E-state index is 3.48. The number of benzene rings is 1. The monoisotopic (exact) mass is 259 g/mol. The molecule has 1 aromatic carbocycles. The van der Waals surface area contributed by atoms with Crippen molar-refractivity contribution in [1.29, 1.82) is 0 Å². The van der Waals surface area contributed by atoms with E-state index in [-0.39, 0.29) is 0 Å². The molecule has 0 radical (unpaired) electrons. The Morgan fingerprint density at radius 1 is 1.11 bits per heavy atom. The summed E-state index contributed by atoms with van der Waals surface area (Å²) < 4.78 is 0. The van der Waals surface area contributed by atoms with Gasteiger partial charge in [0.1, 0.15) is 0 Å². The van der Waals surface area contributed by atoms with Gasteiger partial charge in [0.2, 0.25) is 0 Å². The van der Waals surface area contributed by atoms with Crippen molar-refractivity contribution in [1.82, 2.24) is 5.32 Å². The van der Waals surface area contributed by atoms with Crippen LogP contribution < -0.4 is 15.1 Å². The molecule has 2 unspecified atom stereocenters. The zero-order valence-corrected chi connectivity index (χ0v) is 12.3. The van der Waals surface area contributed by atoms with E-state index in [0.717, 1.165) is 12.1 Å². The molecule has 2 aliphatic rings. The standard InChI is InChI=1S/C16H25N3/c1-17-12-10-13-8-9-14(11-12)19(13)16-7-5-4-6-15(16)18(2)3/h4-7,12-14,17H,8-11H2,1-3H3. The van der Waals surface area contributed by atoms with Crippen LogP contribution in [0.25, 0.3) is 0 Å². The van der Waals surface area contributed by atoms with Gasteiger partial charge in [-0.15, -0.1) is 0 Å². The van der Waals surface area contributed by atoms with E-state index in [1.54, 1.807) is 0 Å². The van der Waals surface area contributed by atoms with Gasteiger partial charge in [-0.25, -0.2) is 0 Å². The Morgan fingerprint density at radius 3 is 2.32 bits per heavy atom. The average Bonchev–Trinajstić information content (AvgIpc) is 2.68. The van der Waals surface area contributed by atoms with E-state index in [0.29, 0.717) is 6.04 Å². The van der Waals surface area contributed by atoms with Crippen LogP contribution in [0.1, 0.15) is 25.7 Å². The zero-order chi connectivity index (χ0) is 13.4. The van der Waals surface area contributed by atoms with Crippen LogP contribution in [0, 0.1) is 0 Å². The number of hydrogen-bond acceptors (Lipinski definition) is 3. The van der Waals surface area contributed by atoms with E-state index in [1.165, 1.54) is 37.1 Å². The van der Waals surface area contributed by atoms with Crippen molar-refractivity contribution in [3.05, 3.63) is 24.3 Å². The minimum absolute atomic E-state index is 0.709. The van der Waals surface area contributed by atoms with E-state index in [1.807, 2.05) is 0 Å². The molecule has 2 atom stereocenters. The van der Waals surface area contributed by atoms with E-state index in [4.69, 9.17) is 0 Å². The van der Waals surface area contributed by atoms with Crippen LogP contribution in [0.5, 0.6) is 0 Å². The minimum atomic E-state index is 0.709. The predicted molar refractivity (Wildman–Crippen MR) is 82.1 cm³/mol. The Bertz CT molecular complexity index is 429. The van der Waals surface area contributed by atoms with Gasteiger partial charge in [0, 0.05) is 32.2 Å². The Morgan fingerprint density at radius 2 is 1.74 bits per heavy atom. The number of nitrogens with zero attached hydrogens (tertiary/aromatic N) is 2. The van der Waals surface area contributed by atoms with Crippen molar-refractivity contribution >= 4 is 11.4 Å². The second kappa shape index (κ2) is 5.04. The molecule has 0 saturated carbocycles. The normalized spacial score (nSPS) is 29.6. The quantitative estimate of drug-likeness (QED) is 0.899. The van der Waals surface area contributed by atoms with Gasteiger partial charge in [0.25, 0.3) is 0 Å². The summed E-state index contributed by atoms with van der Waals surface area (Å²) in [5.74, 6) is 0. The first-order chi connectivity index (χ1) is 9.20. The predicted octanol–water partition coefficient (Wildman–Crippen LogP) is 2.47. The second-order valence-electron chi connectivity index (χ2n) is 6.13. The maximum Gasteiger partial charge on any atom is 0.0608 e. The van der Waals surface area contributed by atoms with Crippen LogP contribution in [-0.4, -0.2) is 39.3 Å². The number of rotatable bonds is 3. The highest BCUT2D eigenvalue weighted by atomic mass is 15.3. The molecule has 1 N–H and O–H groups in total. The summed E-state index contributed by atoms with van der Waals surface area (Å²) in [5.41, 5.74) is 2.77. The molecule has 104 valence electrons. The molecule has 0 amide bonds. The fourth-order valence-electron chi connectivity index (χ4n) is 3.87. The van der Waals surface area contributed by atoms with Gasteiger partial charge < -0.3 is 15.1 Å². The highest BCUT2D eigenvalue weighted by Crippen LogP contribution is 2.42. The Kier molecular flexibility index (Phi) is 3.40. The SMILES string of the molecule is CNC1CC2CCC(C1)N2c1ccccc1N(C)C. The zero-order valence-electron chi connectivity index (χ0n) is 12.3. The Hall–Kier alpha value is -1.22. The van der Waals surface area contributed by atoms with Crippen molar-refractivity contribution < 1.29 is 0 Å². The molecule has 1 aromatic rings. The fraction of sp³-hybridized carbons (Fsp3) is 0.625. The van der Waals surface area contributed by atoms with Crippen LogP contribution in [0.4, 0.5) is 11.4 Å². The second-order valence-corrected chi connectivity index (χ2v) is 6.13. The first-order valence-electron chi connectivity index (χ1n) is 7.42. The van der Waals surface area contributed by atoms with Crippen LogP contribution >= 0.6 is 0 Å². The summed E-state index contributed by atoms with van der Waals surface area (Å²) in [4.78, 5) is 4.93. The number of piperidine rings is 1. The lowest BCUT2D eigenvalue weighted by Crippen LogP contribution is -2.48. The molecular weight excluding hydrogens is 234 g/mol. The van der Waals surface area contributed by atoms with Gasteiger partial charge in [0.05, 0.1) is 11.4 Å². The number of anilines is 2. The molecule has 3 heteroatoms. The molecule has 2 saturated heterocycles. The van der Waals surface area contributed by atoms with Crippen molar-refractivity contribution in [3.8, 4) is 0 Å². The topological polar surface area (TPSA) is 18.5 Å². The molecule has 0 spiro atoms. The summed E-state index contributed by atoms with van der Waals surface area (Å²) in [5, 5.41) is 3.48. The summed E-state index contributed by atoms with van der Waals surface area (Å²) >= 11 is 0. The van der Waals surface area contributed by atoms with Gasteiger partial charge in [-0.3, -0.25) is 0 Å². The molecular formula is C16H25N3. The number of fused-ring (bicyclic) bond motifs is 2. The van der Waals surface area contributed by atoms with Crippen LogP contribution in [0.3, 0.4) is 0 Å². The molecule has 3 rings (SSSR count). The van der Waals surface area contributed by atoms with Gasteiger partial charge in [-0.1, -0.05) is 12.1 Å². The van der Waals surface area contributed by atoms with E-state index < -0.39 is 0 Å². The smallest absolute Gasteiger partial charge is 0.0608 e. The average molecular weight is 259 g/mol.